The molecule has 25 heavy (non-hydrogen) atoms. The van der Waals surface area contributed by atoms with Crippen molar-refractivity contribution >= 4 is 17.8 Å². The van der Waals surface area contributed by atoms with E-state index in [0.717, 1.165) is 37.9 Å². The summed E-state index contributed by atoms with van der Waals surface area (Å²) < 4.78 is 1.37. The Morgan fingerprint density at radius 3 is 2.64 bits per heavy atom. The number of carbonyl (C=O) groups excluding carboxylic acids is 2. The van der Waals surface area contributed by atoms with Crippen LogP contribution in [0.15, 0.2) is 36.7 Å². The van der Waals surface area contributed by atoms with Gasteiger partial charge in [-0.1, -0.05) is 30.3 Å². The number of hydrazine groups is 2. The van der Waals surface area contributed by atoms with Crippen LogP contribution in [0, 0.1) is 0 Å². The van der Waals surface area contributed by atoms with Gasteiger partial charge in [0.1, 0.15) is 6.33 Å². The number of aromatic nitrogens is 2. The van der Waals surface area contributed by atoms with E-state index in [9.17, 15) is 9.59 Å². The first kappa shape index (κ1) is 15.6. The largest absolute Gasteiger partial charge is 0.347 e. The quantitative estimate of drug-likeness (QED) is 0.891. The maximum absolute atomic E-state index is 12.7. The lowest BCUT2D eigenvalue weighted by atomic mass is 10.1. The minimum atomic E-state index is -0.275. The fourth-order valence-electron chi connectivity index (χ4n) is 3.19. The number of carbonyl (C=O) groups is 2. The number of amides is 2. The van der Waals surface area contributed by atoms with Gasteiger partial charge in [-0.25, -0.2) is 19.4 Å². The third-order valence-electron chi connectivity index (χ3n) is 4.54. The van der Waals surface area contributed by atoms with E-state index in [1.807, 2.05) is 30.3 Å². The summed E-state index contributed by atoms with van der Waals surface area (Å²) in [5.41, 5.74) is 7.08. The molecule has 2 aromatic rings. The second kappa shape index (κ2) is 6.56. The number of anilines is 1. The lowest BCUT2D eigenvalue weighted by Gasteiger charge is -2.30. The van der Waals surface area contributed by atoms with Crippen molar-refractivity contribution in [2.24, 2.45) is 0 Å². The van der Waals surface area contributed by atoms with Gasteiger partial charge in [0.15, 0.2) is 11.5 Å². The first-order valence-electron chi connectivity index (χ1n) is 8.48. The zero-order chi connectivity index (χ0) is 17.2. The molecular formula is C17H20N6O2. The Morgan fingerprint density at radius 1 is 1.12 bits per heavy atom. The van der Waals surface area contributed by atoms with Crippen molar-refractivity contribution in [2.75, 3.05) is 18.5 Å². The molecule has 4 rings (SSSR count). The second-order valence-electron chi connectivity index (χ2n) is 6.26. The Balaban J connectivity index is 1.53. The van der Waals surface area contributed by atoms with Gasteiger partial charge in [-0.15, -0.1) is 5.53 Å². The van der Waals surface area contributed by atoms with E-state index in [1.54, 1.807) is 4.90 Å². The number of fused-ring (bicyclic) bond motifs is 1. The standard InChI is InChI=1S/C17H20N6O2/c24-16(21-9-5-2-6-10-21)14-15-19-20-23(17(25)22(15)12-18-14)11-13-7-3-1-4-8-13/h1,3-4,7-8,12,19-20H,2,5-6,9-11H2. The van der Waals surface area contributed by atoms with Crippen LogP contribution < -0.4 is 11.0 Å². The number of hydrogen-bond acceptors (Lipinski definition) is 5. The molecule has 8 heteroatoms. The average molecular weight is 340 g/mol. The monoisotopic (exact) mass is 340 g/mol. The molecular weight excluding hydrogens is 320 g/mol. The number of nitrogens with zero attached hydrogens (tertiary/aromatic N) is 4. The van der Waals surface area contributed by atoms with Gasteiger partial charge in [-0.05, 0) is 24.8 Å². The molecule has 2 N–H and O–H groups in total. The highest BCUT2D eigenvalue weighted by molar-refractivity contribution is 5.99. The Morgan fingerprint density at radius 2 is 1.88 bits per heavy atom. The maximum atomic E-state index is 12.7. The predicted octanol–water partition coefficient (Wildman–Crippen LogP) is 1.82. The van der Waals surface area contributed by atoms with Crippen LogP contribution in [0.2, 0.25) is 0 Å². The van der Waals surface area contributed by atoms with Crippen LogP contribution in [-0.2, 0) is 6.54 Å². The molecule has 0 radical (unpaired) electrons. The van der Waals surface area contributed by atoms with Crippen LogP contribution in [0.5, 0.6) is 0 Å². The highest BCUT2D eigenvalue weighted by Crippen LogP contribution is 2.22. The van der Waals surface area contributed by atoms with Crippen molar-refractivity contribution in [2.45, 2.75) is 25.8 Å². The summed E-state index contributed by atoms with van der Waals surface area (Å²) in [6.45, 7) is 1.89. The minimum Gasteiger partial charge on any atom is -0.337 e. The van der Waals surface area contributed by atoms with Crippen LogP contribution in [0.25, 0.3) is 0 Å². The molecule has 0 aliphatic carbocycles. The highest BCUT2D eigenvalue weighted by Gasteiger charge is 2.31. The van der Waals surface area contributed by atoms with Gasteiger partial charge in [0.2, 0.25) is 0 Å². The molecule has 8 nitrogen and oxygen atoms in total. The van der Waals surface area contributed by atoms with Gasteiger partial charge in [-0.3, -0.25) is 10.2 Å². The fourth-order valence-corrected chi connectivity index (χ4v) is 3.19. The third kappa shape index (κ3) is 2.96. The number of benzene rings is 1. The number of rotatable bonds is 3. The van der Waals surface area contributed by atoms with Crippen LogP contribution >= 0.6 is 0 Å². The Kier molecular flexibility index (Phi) is 4.10. The van der Waals surface area contributed by atoms with E-state index in [0.29, 0.717) is 12.4 Å². The second-order valence-corrected chi connectivity index (χ2v) is 6.26. The molecule has 0 spiro atoms. The summed E-state index contributed by atoms with van der Waals surface area (Å²) in [6.07, 6.45) is 4.58. The molecule has 0 saturated carbocycles. The van der Waals surface area contributed by atoms with E-state index < -0.39 is 0 Å². The molecule has 2 aliphatic heterocycles. The van der Waals surface area contributed by atoms with Crippen LogP contribution in [-0.4, -0.2) is 44.5 Å². The first-order chi connectivity index (χ1) is 12.2. The average Bonchev–Trinajstić information content (AvgIpc) is 3.10. The molecule has 2 amide bonds. The Labute approximate surface area is 145 Å². The number of hydrogen-bond donors (Lipinski definition) is 2. The van der Waals surface area contributed by atoms with E-state index in [1.165, 1.54) is 15.9 Å². The SMILES string of the molecule is O=C(c1ncn2c1NNN(Cc1ccccc1)C2=O)N1CCCCC1. The van der Waals surface area contributed by atoms with Crippen molar-refractivity contribution in [1.29, 1.82) is 0 Å². The van der Waals surface area contributed by atoms with Gasteiger partial charge in [0.05, 0.1) is 6.54 Å². The summed E-state index contributed by atoms with van der Waals surface area (Å²) in [7, 11) is 0. The molecule has 0 atom stereocenters. The van der Waals surface area contributed by atoms with Crippen LogP contribution in [0.1, 0.15) is 35.3 Å². The number of likely N-dealkylation sites (tertiary alicyclic amines) is 1. The number of piperidine rings is 1. The van der Waals surface area contributed by atoms with Crippen LogP contribution in [0.4, 0.5) is 10.6 Å². The van der Waals surface area contributed by atoms with Crippen molar-refractivity contribution in [1.82, 2.24) is 25.0 Å². The fraction of sp³-hybridized carbons (Fsp3) is 0.353. The molecule has 3 heterocycles. The van der Waals surface area contributed by atoms with Crippen molar-refractivity contribution in [3.8, 4) is 0 Å². The maximum Gasteiger partial charge on any atom is 0.347 e. The third-order valence-corrected chi connectivity index (χ3v) is 4.54. The van der Waals surface area contributed by atoms with Crippen molar-refractivity contribution in [3.63, 3.8) is 0 Å². The van der Waals surface area contributed by atoms with Gasteiger partial charge in [0.25, 0.3) is 5.91 Å². The molecule has 0 unspecified atom stereocenters. The lowest BCUT2D eigenvalue weighted by molar-refractivity contribution is 0.0719. The van der Waals surface area contributed by atoms with Gasteiger partial charge < -0.3 is 4.90 Å². The molecule has 1 saturated heterocycles. The number of nitrogens with one attached hydrogen (secondary N) is 2. The van der Waals surface area contributed by atoms with Gasteiger partial charge >= 0.3 is 6.03 Å². The van der Waals surface area contributed by atoms with Crippen LogP contribution in [0.3, 0.4) is 0 Å². The molecule has 130 valence electrons. The summed E-state index contributed by atoms with van der Waals surface area (Å²) >= 11 is 0. The zero-order valence-corrected chi connectivity index (χ0v) is 13.8. The van der Waals surface area contributed by atoms with E-state index in [-0.39, 0.29) is 17.6 Å². The smallest absolute Gasteiger partial charge is 0.337 e. The molecule has 2 aliphatic rings. The summed E-state index contributed by atoms with van der Waals surface area (Å²) in [4.78, 5) is 31.3. The summed E-state index contributed by atoms with van der Waals surface area (Å²) in [6, 6.07) is 9.40. The summed E-state index contributed by atoms with van der Waals surface area (Å²) in [5, 5.41) is 1.44. The Hall–Kier alpha value is -2.87. The van der Waals surface area contributed by atoms with Crippen molar-refractivity contribution in [3.05, 3.63) is 47.9 Å². The van der Waals surface area contributed by atoms with E-state index >= 15 is 0 Å². The lowest BCUT2D eigenvalue weighted by Crippen LogP contribution is -2.52. The topological polar surface area (TPSA) is 82.5 Å². The van der Waals surface area contributed by atoms with Gasteiger partial charge in [0, 0.05) is 13.1 Å². The molecule has 1 aromatic heterocycles. The normalized spacial score (nSPS) is 17.2. The molecule has 1 fully saturated rings. The minimum absolute atomic E-state index is 0.132. The first-order valence-corrected chi connectivity index (χ1v) is 8.48. The summed E-state index contributed by atoms with van der Waals surface area (Å²) in [5.74, 6) is 0.261. The Bertz CT molecular complexity index is 782. The highest BCUT2D eigenvalue weighted by atomic mass is 16.2. The van der Waals surface area contributed by atoms with Crippen molar-refractivity contribution < 1.29 is 9.59 Å². The molecule has 1 aromatic carbocycles. The zero-order valence-electron chi connectivity index (χ0n) is 13.8. The van der Waals surface area contributed by atoms with E-state index in [2.05, 4.69) is 15.9 Å². The molecule has 0 bridgehead atoms. The van der Waals surface area contributed by atoms with E-state index in [4.69, 9.17) is 0 Å². The van der Waals surface area contributed by atoms with Gasteiger partial charge in [-0.2, -0.15) is 0 Å². The number of imidazole rings is 1. The predicted molar refractivity (Wildman–Crippen MR) is 91.5 cm³/mol.